The lowest BCUT2D eigenvalue weighted by Gasteiger charge is -2.50. The fourth-order valence-electron chi connectivity index (χ4n) is 12.6. The third kappa shape index (κ3) is 19.9. The van der Waals surface area contributed by atoms with Crippen molar-refractivity contribution in [2.45, 2.75) is 92.1 Å². The van der Waals surface area contributed by atoms with E-state index in [0.717, 1.165) is 0 Å². The number of rotatable bonds is 27. The Labute approximate surface area is 651 Å². The van der Waals surface area contributed by atoms with E-state index in [4.69, 9.17) is 71.1 Å². The number of benzene rings is 10. The van der Waals surface area contributed by atoms with Crippen LogP contribution < -0.4 is 0 Å². The highest BCUT2D eigenvalue weighted by atomic mass is 16.8. The second-order valence-corrected chi connectivity index (χ2v) is 25.9. The molecule has 0 saturated carbocycles. The first-order valence-electron chi connectivity index (χ1n) is 36.0. The average molecular weight is 1550 g/mol. The molecule has 0 aliphatic carbocycles. The molecule has 3 saturated heterocycles. The van der Waals surface area contributed by atoms with Crippen LogP contribution in [0.5, 0.6) is 0 Å². The highest BCUT2D eigenvalue weighted by Crippen LogP contribution is 2.40. The van der Waals surface area contributed by atoms with Gasteiger partial charge in [-0.15, -0.1) is 0 Å². The van der Waals surface area contributed by atoms with Crippen LogP contribution in [0.1, 0.15) is 104 Å². The summed E-state index contributed by atoms with van der Waals surface area (Å²) in [6.45, 7) is -2.67. The molecule has 26 nitrogen and oxygen atoms in total. The van der Waals surface area contributed by atoms with Gasteiger partial charge in [0.2, 0.25) is 0 Å². The first kappa shape index (κ1) is 78.8. The summed E-state index contributed by atoms with van der Waals surface area (Å²) in [6.07, 6.45) is -32.4. The number of aliphatic hydroxyl groups is 1. The fraction of sp³-hybridized carbons (Fsp3) is 0.205. The lowest BCUT2D eigenvalue weighted by Crippen LogP contribution is -2.69. The van der Waals surface area contributed by atoms with Crippen molar-refractivity contribution in [1.29, 1.82) is 0 Å². The second-order valence-electron chi connectivity index (χ2n) is 25.9. The number of esters is 10. The Balaban J connectivity index is 1.01. The first-order chi connectivity index (χ1) is 55.6. The van der Waals surface area contributed by atoms with Gasteiger partial charge in [-0.05, 0) is 121 Å². The Morgan fingerprint density at radius 2 is 0.386 bits per heavy atom. The van der Waals surface area contributed by atoms with Gasteiger partial charge in [0.1, 0.15) is 38.1 Å². The molecule has 114 heavy (non-hydrogen) atoms. The zero-order chi connectivity index (χ0) is 79.3. The SMILES string of the molecule is O=C(OC[C@@H]1O[C@@H](O[C@H]2[C@@H](O[C@@H]3[C@@H](OC(=O)c4ccccc4)[C@H](OC(=O)c4ccccc4)[C@H](COC(=O)c4ccccc4)O[C@H]3O)O[C@H](COC(=O)c3ccccc3)[C@H](OC(=O)c3ccccc3)[C@@H]2OC(=O)c2ccccc2)[C@H](OC(=O)c2ccccc2)[C@@H](OC(=O)c2ccccc2)[C@H]1OC(=O)c1ccccc1)c1ccccc1. The Morgan fingerprint density at radius 3 is 0.632 bits per heavy atom. The minimum Gasteiger partial charge on any atom is -0.459 e. The summed E-state index contributed by atoms with van der Waals surface area (Å²) in [6, 6.07) is 75.1. The number of carbonyl (C=O) groups excluding carboxylic acids is 10. The van der Waals surface area contributed by atoms with Crippen LogP contribution in [0.2, 0.25) is 0 Å². The molecule has 1 N–H and O–H groups in total. The van der Waals surface area contributed by atoms with Gasteiger partial charge in [0.25, 0.3) is 0 Å². The highest BCUT2D eigenvalue weighted by molar-refractivity contribution is 5.94. The van der Waals surface area contributed by atoms with E-state index < -0.39 is 172 Å². The Kier molecular flexibility index (Phi) is 26.3. The molecule has 0 spiro atoms. The van der Waals surface area contributed by atoms with E-state index >= 15 is 19.2 Å². The van der Waals surface area contributed by atoms with Gasteiger partial charge in [0.05, 0.1) is 55.6 Å². The molecule has 580 valence electrons. The van der Waals surface area contributed by atoms with Crippen LogP contribution in [0.15, 0.2) is 303 Å². The number of ether oxygens (including phenoxy) is 15. The van der Waals surface area contributed by atoms with Gasteiger partial charge in [0, 0.05) is 0 Å². The van der Waals surface area contributed by atoms with Crippen molar-refractivity contribution < 1.29 is 124 Å². The molecule has 0 aromatic heterocycles. The van der Waals surface area contributed by atoms with Crippen LogP contribution in [-0.2, 0) is 71.1 Å². The molecule has 0 amide bonds. The monoisotopic (exact) mass is 1540 g/mol. The van der Waals surface area contributed by atoms with E-state index in [-0.39, 0.29) is 55.6 Å². The van der Waals surface area contributed by atoms with Crippen LogP contribution >= 0.6 is 0 Å². The molecule has 13 rings (SSSR count). The Bertz CT molecular complexity index is 4900. The van der Waals surface area contributed by atoms with Gasteiger partial charge in [-0.3, -0.25) is 0 Å². The molecular weight excluding hydrogens is 1470 g/mol. The zero-order valence-corrected chi connectivity index (χ0v) is 60.3. The van der Waals surface area contributed by atoms with Gasteiger partial charge >= 0.3 is 59.7 Å². The molecular formula is C88H72O26. The maximum atomic E-state index is 15.4. The number of carbonyl (C=O) groups is 10. The minimum absolute atomic E-state index is 0.0164. The standard InChI is InChI=1S/C88H72O26/c89-76(54-31-11-1-12-32-54)100-51-64-67(106-79(92)57-37-17-4-18-38-57)70(109-82(95)60-43-23-7-24-44-60)73(86(99)103-64)113-88-75(72(111-84(97)62-47-27-9-28-48-62)69(108-81(94)59-41-21-6-22-42-59)66(105-88)53-102-78(91)56-35-15-3-16-36-56)114-87-74(112-85(98)63-49-29-10-30-50-63)71(110-83(96)61-45-25-8-26-46-61)68(107-80(93)58-39-19-5-20-40-58)65(104-87)52-101-77(90)55-33-13-2-14-34-55/h1-50,64-75,86-88,99H,51-53H2/t64-,65-,66+,67+,68-,69-,70-,71-,72-,73+,74+,75+,86+,87-,88+/m0/s1. The number of hydrogen-bond acceptors (Lipinski definition) is 26. The van der Waals surface area contributed by atoms with Crippen LogP contribution in [0, 0.1) is 0 Å². The van der Waals surface area contributed by atoms with E-state index in [1.165, 1.54) is 206 Å². The summed E-state index contributed by atoms with van der Waals surface area (Å²) >= 11 is 0. The van der Waals surface area contributed by atoms with Gasteiger partial charge in [0.15, 0.2) is 73.8 Å². The normalized spacial score (nSPS) is 22.9. The van der Waals surface area contributed by atoms with E-state index in [1.54, 1.807) is 97.1 Å². The molecule has 15 atom stereocenters. The van der Waals surface area contributed by atoms with E-state index in [1.807, 2.05) is 0 Å². The summed E-state index contributed by atoms with van der Waals surface area (Å²) in [5.74, 6) is -10.7. The number of aliphatic hydroxyl groups excluding tert-OH is 1. The van der Waals surface area contributed by atoms with Crippen molar-refractivity contribution in [3.8, 4) is 0 Å². The van der Waals surface area contributed by atoms with Crippen LogP contribution in [0.25, 0.3) is 0 Å². The molecule has 10 aromatic carbocycles. The number of hydrogen-bond donors (Lipinski definition) is 1. The smallest absolute Gasteiger partial charge is 0.338 e. The molecule has 3 aliphatic rings. The van der Waals surface area contributed by atoms with E-state index in [0.29, 0.717) is 0 Å². The molecule has 3 fully saturated rings. The highest BCUT2D eigenvalue weighted by Gasteiger charge is 2.61. The zero-order valence-electron chi connectivity index (χ0n) is 60.3. The predicted octanol–water partition coefficient (Wildman–Crippen LogP) is 11.1. The lowest BCUT2D eigenvalue weighted by atomic mass is 9.95. The molecule has 3 aliphatic heterocycles. The summed E-state index contributed by atoms with van der Waals surface area (Å²) in [4.78, 5) is 147. The first-order valence-corrected chi connectivity index (χ1v) is 36.0. The maximum Gasteiger partial charge on any atom is 0.338 e. The third-order valence-electron chi connectivity index (χ3n) is 18.3. The minimum atomic E-state index is -2.44. The predicted molar refractivity (Wildman–Crippen MR) is 398 cm³/mol. The van der Waals surface area contributed by atoms with Crippen molar-refractivity contribution in [1.82, 2.24) is 0 Å². The van der Waals surface area contributed by atoms with Crippen molar-refractivity contribution in [2.24, 2.45) is 0 Å². The van der Waals surface area contributed by atoms with Gasteiger partial charge in [-0.25, -0.2) is 47.9 Å². The molecule has 26 heteroatoms. The lowest BCUT2D eigenvalue weighted by molar-refractivity contribution is -0.388. The molecule has 0 radical (unpaired) electrons. The summed E-state index contributed by atoms with van der Waals surface area (Å²) in [7, 11) is 0. The van der Waals surface area contributed by atoms with Gasteiger partial charge < -0.3 is 76.2 Å². The third-order valence-corrected chi connectivity index (χ3v) is 18.3. The topological polar surface area (TPSA) is 329 Å². The molecule has 0 unspecified atom stereocenters. The maximum absolute atomic E-state index is 15.4. The summed E-state index contributed by atoms with van der Waals surface area (Å²) < 4.78 is 97.3. The Morgan fingerprint density at radius 1 is 0.211 bits per heavy atom. The van der Waals surface area contributed by atoms with Crippen molar-refractivity contribution in [3.05, 3.63) is 359 Å². The van der Waals surface area contributed by atoms with Crippen LogP contribution in [0.3, 0.4) is 0 Å². The summed E-state index contributed by atoms with van der Waals surface area (Å²) in [5, 5.41) is 12.9. The fourth-order valence-corrected chi connectivity index (χ4v) is 12.6. The van der Waals surface area contributed by atoms with Crippen LogP contribution in [-0.4, -0.2) is 177 Å². The summed E-state index contributed by atoms with van der Waals surface area (Å²) in [5.41, 5.74) is -0.564. The largest absolute Gasteiger partial charge is 0.459 e. The van der Waals surface area contributed by atoms with Gasteiger partial charge in [-0.1, -0.05) is 182 Å². The molecule has 0 bridgehead atoms. The van der Waals surface area contributed by atoms with Crippen molar-refractivity contribution in [2.75, 3.05) is 19.8 Å². The van der Waals surface area contributed by atoms with E-state index in [9.17, 15) is 33.9 Å². The molecule has 3 heterocycles. The quantitative estimate of drug-likeness (QED) is 0.0369. The van der Waals surface area contributed by atoms with Crippen LogP contribution in [0.4, 0.5) is 0 Å². The average Bonchev–Trinajstić information content (AvgIpc) is 0.756. The second kappa shape index (κ2) is 38.1. The van der Waals surface area contributed by atoms with E-state index in [2.05, 4.69) is 0 Å². The van der Waals surface area contributed by atoms with Gasteiger partial charge in [-0.2, -0.15) is 0 Å². The van der Waals surface area contributed by atoms with Crippen molar-refractivity contribution in [3.63, 3.8) is 0 Å². The molecule has 10 aromatic rings. The van der Waals surface area contributed by atoms with Crippen molar-refractivity contribution >= 4 is 59.7 Å². The Hall–Kier alpha value is -13.3.